The molecule has 1 aliphatic rings. The fourth-order valence-electron chi connectivity index (χ4n) is 2.15. The van der Waals surface area contributed by atoms with E-state index in [1.165, 1.54) is 5.56 Å². The lowest BCUT2D eigenvalue weighted by molar-refractivity contribution is -0.146. The van der Waals surface area contributed by atoms with Crippen molar-refractivity contribution in [3.05, 3.63) is 35.4 Å². The van der Waals surface area contributed by atoms with Crippen LogP contribution in [-0.4, -0.2) is 43.5 Å². The smallest absolute Gasteiger partial charge is 0.312 e. The molecule has 0 saturated heterocycles. The van der Waals surface area contributed by atoms with Crippen molar-refractivity contribution < 1.29 is 14.3 Å². The average molecular weight is 262 g/mol. The zero-order chi connectivity index (χ0) is 13.7. The summed E-state index contributed by atoms with van der Waals surface area (Å²) >= 11 is 0. The number of hydrogen-bond acceptors (Lipinski definition) is 3. The van der Waals surface area contributed by atoms with E-state index in [0.717, 1.165) is 12.0 Å². The summed E-state index contributed by atoms with van der Waals surface area (Å²) in [6.07, 6.45) is 0.799. The monoisotopic (exact) mass is 262 g/mol. The molecular weight excluding hydrogens is 244 g/mol. The van der Waals surface area contributed by atoms with Gasteiger partial charge in [0.05, 0.1) is 6.61 Å². The molecule has 2 rings (SSSR count). The molecule has 102 valence electrons. The molecule has 5 heteroatoms. The van der Waals surface area contributed by atoms with Gasteiger partial charge in [-0.05, 0) is 17.5 Å². The predicted octanol–water partition coefficient (Wildman–Crippen LogP) is 0.334. The third kappa shape index (κ3) is 3.32. The van der Waals surface area contributed by atoms with E-state index < -0.39 is 11.8 Å². The highest BCUT2D eigenvalue weighted by molar-refractivity contribution is 6.35. The maximum absolute atomic E-state index is 12.0. The number of rotatable bonds is 3. The van der Waals surface area contributed by atoms with E-state index in [2.05, 4.69) is 11.4 Å². The van der Waals surface area contributed by atoms with Crippen LogP contribution in [0.15, 0.2) is 24.3 Å². The molecule has 1 heterocycles. The summed E-state index contributed by atoms with van der Waals surface area (Å²) in [5, 5.41) is 2.55. The summed E-state index contributed by atoms with van der Waals surface area (Å²) in [6, 6.07) is 8.01. The largest absolute Gasteiger partial charge is 0.383 e. The number of nitrogens with zero attached hydrogens (tertiary/aromatic N) is 1. The lowest BCUT2D eigenvalue weighted by atomic mass is 10.00. The molecule has 0 fully saturated rings. The third-order valence-corrected chi connectivity index (χ3v) is 3.20. The molecule has 0 atom stereocenters. The molecule has 19 heavy (non-hydrogen) atoms. The number of ether oxygens (including phenoxy) is 1. The number of benzene rings is 1. The lowest BCUT2D eigenvalue weighted by Gasteiger charge is -2.28. The van der Waals surface area contributed by atoms with Gasteiger partial charge >= 0.3 is 11.8 Å². The van der Waals surface area contributed by atoms with Crippen LogP contribution < -0.4 is 5.32 Å². The van der Waals surface area contributed by atoms with Gasteiger partial charge in [0.2, 0.25) is 0 Å². The summed E-state index contributed by atoms with van der Waals surface area (Å²) < 4.78 is 4.82. The van der Waals surface area contributed by atoms with E-state index >= 15 is 0 Å². The number of amides is 2. The topological polar surface area (TPSA) is 58.6 Å². The van der Waals surface area contributed by atoms with Gasteiger partial charge in [-0.3, -0.25) is 9.59 Å². The van der Waals surface area contributed by atoms with Crippen molar-refractivity contribution in [3.63, 3.8) is 0 Å². The van der Waals surface area contributed by atoms with E-state index in [9.17, 15) is 9.59 Å². The first-order valence-corrected chi connectivity index (χ1v) is 6.35. The lowest BCUT2D eigenvalue weighted by Crippen LogP contribution is -2.45. The highest BCUT2D eigenvalue weighted by Gasteiger charge is 2.25. The van der Waals surface area contributed by atoms with Crippen LogP contribution in [0.1, 0.15) is 11.1 Å². The summed E-state index contributed by atoms with van der Waals surface area (Å²) in [7, 11) is 1.55. The molecule has 1 aliphatic heterocycles. The number of hydrogen-bond donors (Lipinski definition) is 1. The predicted molar refractivity (Wildman–Crippen MR) is 70.4 cm³/mol. The van der Waals surface area contributed by atoms with E-state index in [0.29, 0.717) is 26.2 Å². The van der Waals surface area contributed by atoms with Crippen molar-refractivity contribution in [2.75, 3.05) is 26.8 Å². The molecule has 0 aromatic heterocycles. The fourth-order valence-corrected chi connectivity index (χ4v) is 2.15. The number of fused-ring (bicyclic) bond motifs is 1. The van der Waals surface area contributed by atoms with Crippen molar-refractivity contribution >= 4 is 11.8 Å². The van der Waals surface area contributed by atoms with Crippen LogP contribution in [0.4, 0.5) is 0 Å². The second-order valence-electron chi connectivity index (χ2n) is 4.49. The molecule has 0 saturated carbocycles. The summed E-state index contributed by atoms with van der Waals surface area (Å²) in [5.74, 6) is -1.03. The molecule has 2 amide bonds. The highest BCUT2D eigenvalue weighted by Crippen LogP contribution is 2.18. The zero-order valence-corrected chi connectivity index (χ0v) is 11.0. The molecule has 5 nitrogen and oxygen atoms in total. The Morgan fingerprint density at radius 1 is 1.32 bits per heavy atom. The zero-order valence-electron chi connectivity index (χ0n) is 11.0. The quantitative estimate of drug-likeness (QED) is 0.631. The van der Waals surface area contributed by atoms with Gasteiger partial charge in [0.1, 0.15) is 0 Å². The first kappa shape index (κ1) is 13.5. The number of methoxy groups -OCH3 is 1. The van der Waals surface area contributed by atoms with Gasteiger partial charge in [-0.25, -0.2) is 0 Å². The van der Waals surface area contributed by atoms with E-state index in [4.69, 9.17) is 4.74 Å². The molecule has 0 unspecified atom stereocenters. The fraction of sp³-hybridized carbons (Fsp3) is 0.429. The maximum Gasteiger partial charge on any atom is 0.312 e. The Kier molecular flexibility index (Phi) is 4.52. The highest BCUT2D eigenvalue weighted by atomic mass is 16.5. The van der Waals surface area contributed by atoms with Crippen LogP contribution in [0, 0.1) is 0 Å². The first-order chi connectivity index (χ1) is 9.22. The molecule has 0 bridgehead atoms. The minimum atomic E-state index is -0.559. The normalized spacial score (nSPS) is 13.8. The minimum Gasteiger partial charge on any atom is -0.383 e. The number of nitrogens with one attached hydrogen (secondary N) is 1. The van der Waals surface area contributed by atoms with Gasteiger partial charge in [-0.15, -0.1) is 0 Å². The Morgan fingerprint density at radius 2 is 2.05 bits per heavy atom. The Hall–Kier alpha value is -1.88. The minimum absolute atomic E-state index is 0.353. The van der Waals surface area contributed by atoms with E-state index in [-0.39, 0.29) is 0 Å². The van der Waals surface area contributed by atoms with Gasteiger partial charge in [-0.2, -0.15) is 0 Å². The molecule has 0 aliphatic carbocycles. The third-order valence-electron chi connectivity index (χ3n) is 3.20. The van der Waals surface area contributed by atoms with Crippen molar-refractivity contribution in [2.24, 2.45) is 0 Å². The van der Waals surface area contributed by atoms with Crippen LogP contribution in [0.25, 0.3) is 0 Å². The molecule has 1 aromatic carbocycles. The number of carbonyl (C=O) groups excluding carboxylic acids is 2. The average Bonchev–Trinajstić information content (AvgIpc) is 2.46. The van der Waals surface area contributed by atoms with Crippen LogP contribution >= 0.6 is 0 Å². The standard InChI is InChI=1S/C14H18N2O3/c1-19-9-7-15-13(17)14(18)16-8-6-11-4-2-3-5-12(11)10-16/h2-5H,6-10H2,1H3,(H,15,17). The van der Waals surface area contributed by atoms with Gasteiger partial charge < -0.3 is 15.0 Å². The SMILES string of the molecule is COCCNC(=O)C(=O)N1CCc2ccccc2C1. The molecule has 1 N–H and O–H groups in total. The van der Waals surface area contributed by atoms with Crippen LogP contribution in [0.3, 0.4) is 0 Å². The molecule has 1 aromatic rings. The van der Waals surface area contributed by atoms with Crippen LogP contribution in [0.5, 0.6) is 0 Å². The van der Waals surface area contributed by atoms with Crippen molar-refractivity contribution in [1.82, 2.24) is 10.2 Å². The Balaban J connectivity index is 1.93. The van der Waals surface area contributed by atoms with Gasteiger partial charge in [0.15, 0.2) is 0 Å². The van der Waals surface area contributed by atoms with Crippen molar-refractivity contribution in [2.45, 2.75) is 13.0 Å². The van der Waals surface area contributed by atoms with Crippen LogP contribution in [-0.2, 0) is 27.3 Å². The second-order valence-corrected chi connectivity index (χ2v) is 4.49. The molecule has 0 spiro atoms. The summed E-state index contributed by atoms with van der Waals surface area (Å²) in [6.45, 7) is 1.85. The first-order valence-electron chi connectivity index (χ1n) is 6.35. The summed E-state index contributed by atoms with van der Waals surface area (Å²) in [5.41, 5.74) is 2.37. The number of carbonyl (C=O) groups is 2. The van der Waals surface area contributed by atoms with Gasteiger partial charge in [0.25, 0.3) is 0 Å². The Morgan fingerprint density at radius 3 is 2.79 bits per heavy atom. The van der Waals surface area contributed by atoms with Crippen LogP contribution in [0.2, 0.25) is 0 Å². The molecule has 0 radical (unpaired) electrons. The Labute approximate surface area is 112 Å². The second kappa shape index (κ2) is 6.33. The Bertz CT molecular complexity index is 474. The summed E-state index contributed by atoms with van der Waals surface area (Å²) in [4.78, 5) is 25.2. The maximum atomic E-state index is 12.0. The molecular formula is C14H18N2O3. The van der Waals surface area contributed by atoms with E-state index in [1.54, 1.807) is 12.0 Å². The van der Waals surface area contributed by atoms with E-state index in [1.807, 2.05) is 18.2 Å². The van der Waals surface area contributed by atoms with Crippen molar-refractivity contribution in [3.8, 4) is 0 Å². The van der Waals surface area contributed by atoms with Gasteiger partial charge in [0, 0.05) is 26.7 Å². The van der Waals surface area contributed by atoms with Crippen molar-refractivity contribution in [1.29, 1.82) is 0 Å². The van der Waals surface area contributed by atoms with Gasteiger partial charge in [-0.1, -0.05) is 24.3 Å².